The van der Waals surface area contributed by atoms with Crippen molar-refractivity contribution in [3.8, 4) is 0 Å². The van der Waals surface area contributed by atoms with Gasteiger partial charge in [0.25, 0.3) is 5.91 Å². The molecule has 0 spiro atoms. The topological polar surface area (TPSA) is 103 Å². The minimum Gasteiger partial charge on any atom is -0.452 e. The molecule has 1 aromatic rings. The third-order valence-corrected chi connectivity index (χ3v) is 5.11. The molecule has 2 heterocycles. The number of ether oxygens (including phenoxy) is 1. The Morgan fingerprint density at radius 3 is 2.82 bits per heavy atom. The summed E-state index contributed by atoms with van der Waals surface area (Å²) in [7, 11) is -3.06. The number of hydrogen-bond acceptors (Lipinski definition) is 6. The van der Waals surface area contributed by atoms with Gasteiger partial charge in [-0.25, -0.2) is 13.2 Å². The SMILES string of the molecule is O=C(COC(=O)/C=C/c1ccc(Br)o1)N[C@@H]1CCS(=O)(=O)C1. The Labute approximate surface area is 135 Å². The largest absolute Gasteiger partial charge is 0.452 e. The number of carbonyl (C=O) groups is 2. The van der Waals surface area contributed by atoms with Gasteiger partial charge in [0.05, 0.1) is 11.5 Å². The van der Waals surface area contributed by atoms with Gasteiger partial charge in [0, 0.05) is 12.1 Å². The summed E-state index contributed by atoms with van der Waals surface area (Å²) < 4.78 is 32.9. The average Bonchev–Trinajstić information content (AvgIpc) is 3.00. The van der Waals surface area contributed by atoms with Crippen LogP contribution in [0.25, 0.3) is 6.08 Å². The average molecular weight is 392 g/mol. The number of sulfone groups is 1. The van der Waals surface area contributed by atoms with Crippen molar-refractivity contribution in [1.82, 2.24) is 5.32 Å². The van der Waals surface area contributed by atoms with Gasteiger partial charge in [-0.15, -0.1) is 0 Å². The maximum atomic E-state index is 11.6. The molecule has 0 aromatic carbocycles. The zero-order chi connectivity index (χ0) is 16.2. The van der Waals surface area contributed by atoms with Crippen LogP contribution in [0, 0.1) is 0 Å². The monoisotopic (exact) mass is 391 g/mol. The summed E-state index contributed by atoms with van der Waals surface area (Å²) in [6, 6.07) is 2.92. The molecule has 9 heteroatoms. The first-order chi connectivity index (χ1) is 10.3. The fourth-order valence-electron chi connectivity index (χ4n) is 1.93. The first-order valence-corrected chi connectivity index (χ1v) is 9.05. The van der Waals surface area contributed by atoms with Crippen molar-refractivity contribution in [2.45, 2.75) is 12.5 Å². The standard InChI is InChI=1S/C13H14BrNO6S/c14-11-3-1-10(21-11)2-4-13(17)20-7-12(16)15-9-5-6-22(18,19)8-9/h1-4,9H,5-8H2,(H,15,16)/b4-2+/t9-/m1/s1. The molecular weight excluding hydrogens is 378 g/mol. The predicted molar refractivity (Wildman–Crippen MR) is 81.6 cm³/mol. The second-order valence-corrected chi connectivity index (χ2v) is 7.76. The fourth-order valence-corrected chi connectivity index (χ4v) is 3.92. The highest BCUT2D eigenvalue weighted by molar-refractivity contribution is 9.10. The lowest BCUT2D eigenvalue weighted by Crippen LogP contribution is -2.38. The smallest absolute Gasteiger partial charge is 0.331 e. The molecule has 1 N–H and O–H groups in total. The lowest BCUT2D eigenvalue weighted by atomic mass is 10.2. The molecule has 0 radical (unpaired) electrons. The van der Waals surface area contributed by atoms with Crippen molar-refractivity contribution >= 4 is 43.7 Å². The number of furan rings is 1. The number of nitrogens with one attached hydrogen (secondary N) is 1. The van der Waals surface area contributed by atoms with Crippen LogP contribution in [-0.4, -0.2) is 44.4 Å². The van der Waals surface area contributed by atoms with Gasteiger partial charge in [0.1, 0.15) is 5.76 Å². The minimum atomic E-state index is -3.06. The van der Waals surface area contributed by atoms with Crippen LogP contribution in [0.3, 0.4) is 0 Å². The summed E-state index contributed by atoms with van der Waals surface area (Å²) in [5, 5.41) is 2.52. The molecule has 0 bridgehead atoms. The summed E-state index contributed by atoms with van der Waals surface area (Å²) in [4.78, 5) is 23.0. The second-order valence-electron chi connectivity index (χ2n) is 4.75. The number of esters is 1. The highest BCUT2D eigenvalue weighted by atomic mass is 79.9. The molecule has 22 heavy (non-hydrogen) atoms. The van der Waals surface area contributed by atoms with E-state index in [9.17, 15) is 18.0 Å². The molecule has 0 unspecified atom stereocenters. The van der Waals surface area contributed by atoms with Crippen LogP contribution in [0.4, 0.5) is 0 Å². The van der Waals surface area contributed by atoms with Gasteiger partial charge in [-0.2, -0.15) is 0 Å². The Kier molecular flexibility index (Phi) is 5.41. The predicted octanol–water partition coefficient (Wildman–Crippen LogP) is 0.902. The molecular formula is C13H14BrNO6S. The molecule has 1 aromatic heterocycles. The number of hydrogen-bond donors (Lipinski definition) is 1. The van der Waals surface area contributed by atoms with Crippen molar-refractivity contribution in [1.29, 1.82) is 0 Å². The van der Waals surface area contributed by atoms with Crippen molar-refractivity contribution in [3.05, 3.63) is 28.6 Å². The molecule has 1 atom stereocenters. The van der Waals surface area contributed by atoms with E-state index in [1.165, 1.54) is 6.08 Å². The van der Waals surface area contributed by atoms with Crippen LogP contribution in [-0.2, 0) is 24.2 Å². The number of rotatable bonds is 5. The van der Waals surface area contributed by atoms with E-state index in [-0.39, 0.29) is 11.5 Å². The quantitative estimate of drug-likeness (QED) is 0.590. The summed E-state index contributed by atoms with van der Waals surface area (Å²) in [5.74, 6) is -0.755. The third-order valence-electron chi connectivity index (χ3n) is 2.92. The second kappa shape index (κ2) is 7.10. The van der Waals surface area contributed by atoms with Crippen molar-refractivity contribution in [3.63, 3.8) is 0 Å². The summed E-state index contributed by atoms with van der Waals surface area (Å²) in [5.41, 5.74) is 0. The van der Waals surface area contributed by atoms with E-state index < -0.39 is 34.4 Å². The highest BCUT2D eigenvalue weighted by Gasteiger charge is 2.28. The lowest BCUT2D eigenvalue weighted by molar-refractivity contribution is -0.144. The molecule has 2 rings (SSSR count). The van der Waals surface area contributed by atoms with Crippen molar-refractivity contribution < 1.29 is 27.2 Å². The van der Waals surface area contributed by atoms with Gasteiger partial charge in [-0.05, 0) is 40.6 Å². The Morgan fingerprint density at radius 1 is 1.45 bits per heavy atom. The van der Waals surface area contributed by atoms with E-state index in [1.54, 1.807) is 12.1 Å². The van der Waals surface area contributed by atoms with E-state index in [2.05, 4.69) is 21.2 Å². The first kappa shape index (κ1) is 16.8. The molecule has 0 aliphatic carbocycles. The van der Waals surface area contributed by atoms with Crippen LogP contribution in [0.2, 0.25) is 0 Å². The molecule has 120 valence electrons. The normalized spacial score (nSPS) is 20.1. The van der Waals surface area contributed by atoms with Crippen LogP contribution < -0.4 is 5.32 Å². The van der Waals surface area contributed by atoms with Gasteiger partial charge < -0.3 is 14.5 Å². The number of halogens is 1. The van der Waals surface area contributed by atoms with Crippen molar-refractivity contribution in [2.75, 3.05) is 18.1 Å². The van der Waals surface area contributed by atoms with Crippen LogP contribution in [0.15, 0.2) is 27.3 Å². The lowest BCUT2D eigenvalue weighted by Gasteiger charge is -2.10. The molecule has 1 aliphatic heterocycles. The van der Waals surface area contributed by atoms with Gasteiger partial charge >= 0.3 is 5.97 Å². The van der Waals surface area contributed by atoms with Crippen LogP contribution in [0.1, 0.15) is 12.2 Å². The Balaban J connectivity index is 1.72. The molecule has 7 nitrogen and oxygen atoms in total. The third kappa shape index (κ3) is 5.30. The van der Waals surface area contributed by atoms with E-state index in [0.717, 1.165) is 6.08 Å². The Hall–Kier alpha value is -1.61. The molecule has 1 aliphatic rings. The van der Waals surface area contributed by atoms with Crippen LogP contribution >= 0.6 is 15.9 Å². The molecule has 1 amide bonds. The minimum absolute atomic E-state index is 0.0686. The van der Waals surface area contributed by atoms with Gasteiger partial charge in [-0.1, -0.05) is 0 Å². The molecule has 1 fully saturated rings. The Morgan fingerprint density at radius 2 is 2.23 bits per heavy atom. The van der Waals surface area contributed by atoms with Gasteiger partial charge in [0.2, 0.25) is 0 Å². The van der Waals surface area contributed by atoms with E-state index in [0.29, 0.717) is 16.9 Å². The number of amides is 1. The first-order valence-electron chi connectivity index (χ1n) is 6.44. The number of carbonyl (C=O) groups excluding carboxylic acids is 2. The summed E-state index contributed by atoms with van der Waals surface area (Å²) in [6.45, 7) is -0.457. The van der Waals surface area contributed by atoms with Gasteiger partial charge in [-0.3, -0.25) is 4.79 Å². The van der Waals surface area contributed by atoms with E-state index in [1.807, 2.05) is 0 Å². The van der Waals surface area contributed by atoms with E-state index >= 15 is 0 Å². The Bertz CT molecular complexity index is 693. The maximum Gasteiger partial charge on any atom is 0.331 e. The van der Waals surface area contributed by atoms with Gasteiger partial charge in [0.15, 0.2) is 21.1 Å². The summed E-state index contributed by atoms with van der Waals surface area (Å²) in [6.07, 6.45) is 2.93. The highest BCUT2D eigenvalue weighted by Crippen LogP contribution is 2.15. The van der Waals surface area contributed by atoms with Crippen molar-refractivity contribution in [2.24, 2.45) is 0 Å². The zero-order valence-corrected chi connectivity index (χ0v) is 13.9. The van der Waals surface area contributed by atoms with Crippen LogP contribution in [0.5, 0.6) is 0 Å². The zero-order valence-electron chi connectivity index (χ0n) is 11.5. The maximum absolute atomic E-state index is 11.6. The fraction of sp³-hybridized carbons (Fsp3) is 0.385. The molecule has 1 saturated heterocycles. The van der Waals surface area contributed by atoms with E-state index in [4.69, 9.17) is 9.15 Å². The summed E-state index contributed by atoms with van der Waals surface area (Å²) >= 11 is 3.13. The molecule has 0 saturated carbocycles.